The summed E-state index contributed by atoms with van der Waals surface area (Å²) in [5.74, 6) is 0.0552. The van der Waals surface area contributed by atoms with Crippen LogP contribution in [0.2, 0.25) is 0 Å². The molecule has 0 aromatic carbocycles. The first-order chi connectivity index (χ1) is 8.18. The zero-order valence-electron chi connectivity index (χ0n) is 10.6. The predicted molar refractivity (Wildman–Crippen MR) is 65.0 cm³/mol. The number of rotatable bonds is 4. The molecule has 1 aliphatic rings. The number of ketones is 1. The van der Waals surface area contributed by atoms with Crippen molar-refractivity contribution in [2.45, 2.75) is 44.6 Å². The van der Waals surface area contributed by atoms with Crippen molar-refractivity contribution >= 4 is 5.78 Å². The lowest BCUT2D eigenvalue weighted by Gasteiger charge is -2.34. The molecule has 0 bridgehead atoms. The van der Waals surface area contributed by atoms with E-state index in [9.17, 15) is 4.79 Å². The number of carbonyl (C=O) groups excluding carboxylic acids is 1. The van der Waals surface area contributed by atoms with Crippen LogP contribution in [0.15, 0.2) is 12.3 Å². The van der Waals surface area contributed by atoms with E-state index in [-0.39, 0.29) is 5.78 Å². The van der Waals surface area contributed by atoms with Gasteiger partial charge in [-0.25, -0.2) is 0 Å². The van der Waals surface area contributed by atoms with Gasteiger partial charge in [-0.1, -0.05) is 19.3 Å². The molecule has 1 heterocycles. The van der Waals surface area contributed by atoms with Crippen LogP contribution in [0.1, 0.15) is 49.5 Å². The largest absolute Gasteiger partial charge is 0.367 e. The Balaban J connectivity index is 2.23. The topological polar surface area (TPSA) is 44.1 Å². The Kier molecular flexibility index (Phi) is 3.62. The van der Waals surface area contributed by atoms with Crippen molar-refractivity contribution in [3.63, 3.8) is 0 Å². The van der Waals surface area contributed by atoms with E-state index in [0.29, 0.717) is 12.3 Å². The Bertz CT molecular complexity index is 386. The van der Waals surface area contributed by atoms with Crippen LogP contribution in [0.4, 0.5) is 0 Å². The fourth-order valence-corrected chi connectivity index (χ4v) is 2.61. The van der Waals surface area contributed by atoms with Gasteiger partial charge >= 0.3 is 0 Å². The maximum atomic E-state index is 12.5. The van der Waals surface area contributed by atoms with E-state index in [1.54, 1.807) is 16.9 Å². The highest BCUT2D eigenvalue weighted by atomic mass is 16.5. The van der Waals surface area contributed by atoms with Crippen molar-refractivity contribution in [1.82, 2.24) is 9.78 Å². The summed E-state index contributed by atoms with van der Waals surface area (Å²) < 4.78 is 7.46. The second-order valence-corrected chi connectivity index (χ2v) is 4.69. The SMILES string of the molecule is CCOC1(C(=O)c2ccn(C)n2)CCCCC1. The van der Waals surface area contributed by atoms with E-state index in [0.717, 1.165) is 25.7 Å². The molecule has 0 unspecified atom stereocenters. The van der Waals surface area contributed by atoms with Crippen LogP contribution < -0.4 is 0 Å². The molecular formula is C13H20N2O2. The van der Waals surface area contributed by atoms with E-state index >= 15 is 0 Å². The molecule has 94 valence electrons. The number of ether oxygens (including phenoxy) is 1. The molecule has 0 atom stereocenters. The zero-order chi connectivity index (χ0) is 12.3. The molecule has 1 fully saturated rings. The average Bonchev–Trinajstić information content (AvgIpc) is 2.76. The molecule has 1 aliphatic carbocycles. The third-order valence-electron chi connectivity index (χ3n) is 3.44. The second kappa shape index (κ2) is 5.00. The van der Waals surface area contributed by atoms with E-state index in [1.165, 1.54) is 6.42 Å². The lowest BCUT2D eigenvalue weighted by atomic mass is 9.80. The molecule has 0 saturated heterocycles. The first-order valence-corrected chi connectivity index (χ1v) is 6.36. The van der Waals surface area contributed by atoms with Gasteiger partial charge < -0.3 is 4.74 Å². The van der Waals surface area contributed by atoms with Crippen LogP contribution in [-0.4, -0.2) is 27.8 Å². The molecule has 0 aliphatic heterocycles. The van der Waals surface area contributed by atoms with Crippen LogP contribution in [0.25, 0.3) is 0 Å². The van der Waals surface area contributed by atoms with Crippen LogP contribution in [-0.2, 0) is 11.8 Å². The fourth-order valence-electron chi connectivity index (χ4n) is 2.61. The number of aromatic nitrogens is 2. The Hall–Kier alpha value is -1.16. The molecule has 4 nitrogen and oxygen atoms in total. The molecule has 1 aromatic heterocycles. The zero-order valence-corrected chi connectivity index (χ0v) is 10.6. The number of Topliss-reactive ketones (excluding diaryl/α,β-unsaturated/α-hetero) is 1. The summed E-state index contributed by atoms with van der Waals surface area (Å²) in [6.07, 6.45) is 6.80. The first kappa shape index (κ1) is 12.3. The van der Waals surface area contributed by atoms with Crippen LogP contribution in [0.5, 0.6) is 0 Å². The number of aryl methyl sites for hydroxylation is 1. The van der Waals surface area contributed by atoms with Gasteiger partial charge in [-0.2, -0.15) is 5.10 Å². The molecule has 0 amide bonds. The Morgan fingerprint density at radius 3 is 2.71 bits per heavy atom. The number of nitrogens with zero attached hydrogens (tertiary/aromatic N) is 2. The first-order valence-electron chi connectivity index (χ1n) is 6.36. The number of carbonyl (C=O) groups is 1. The average molecular weight is 236 g/mol. The molecule has 17 heavy (non-hydrogen) atoms. The summed E-state index contributed by atoms with van der Waals surface area (Å²) in [6.45, 7) is 2.53. The van der Waals surface area contributed by atoms with Gasteiger partial charge in [0.05, 0.1) is 0 Å². The summed E-state index contributed by atoms with van der Waals surface area (Å²) in [6, 6.07) is 1.78. The van der Waals surface area contributed by atoms with Gasteiger partial charge in [0.1, 0.15) is 11.3 Å². The van der Waals surface area contributed by atoms with Crippen LogP contribution in [0, 0.1) is 0 Å². The van der Waals surface area contributed by atoms with Crippen molar-refractivity contribution in [3.05, 3.63) is 18.0 Å². The Morgan fingerprint density at radius 2 is 2.18 bits per heavy atom. The van der Waals surface area contributed by atoms with Crippen molar-refractivity contribution in [3.8, 4) is 0 Å². The highest BCUT2D eigenvalue weighted by Gasteiger charge is 2.41. The van der Waals surface area contributed by atoms with Crippen molar-refractivity contribution in [2.75, 3.05) is 6.61 Å². The Morgan fingerprint density at radius 1 is 1.47 bits per heavy atom. The molecule has 0 spiro atoms. The van der Waals surface area contributed by atoms with Gasteiger partial charge in [-0.15, -0.1) is 0 Å². The third-order valence-corrected chi connectivity index (χ3v) is 3.44. The molecule has 2 rings (SSSR count). The van der Waals surface area contributed by atoms with Crippen molar-refractivity contribution < 1.29 is 9.53 Å². The normalized spacial score (nSPS) is 19.2. The summed E-state index contributed by atoms with van der Waals surface area (Å²) in [4.78, 5) is 12.5. The minimum atomic E-state index is -0.610. The molecule has 1 aromatic rings. The van der Waals surface area contributed by atoms with Crippen molar-refractivity contribution in [1.29, 1.82) is 0 Å². The molecule has 0 N–H and O–H groups in total. The highest BCUT2D eigenvalue weighted by Crippen LogP contribution is 2.34. The number of hydrogen-bond donors (Lipinski definition) is 0. The smallest absolute Gasteiger partial charge is 0.214 e. The minimum absolute atomic E-state index is 0.0552. The van der Waals surface area contributed by atoms with E-state index in [1.807, 2.05) is 14.0 Å². The predicted octanol–water partition coefficient (Wildman–Crippen LogP) is 2.34. The lowest BCUT2D eigenvalue weighted by Crippen LogP contribution is -2.43. The van der Waals surface area contributed by atoms with Crippen LogP contribution >= 0.6 is 0 Å². The maximum Gasteiger partial charge on any atom is 0.214 e. The van der Waals surface area contributed by atoms with E-state index in [4.69, 9.17) is 4.74 Å². The second-order valence-electron chi connectivity index (χ2n) is 4.69. The molecule has 0 radical (unpaired) electrons. The third kappa shape index (κ3) is 2.41. The Labute approximate surface area is 102 Å². The number of hydrogen-bond acceptors (Lipinski definition) is 3. The van der Waals surface area contributed by atoms with E-state index < -0.39 is 5.60 Å². The monoisotopic (exact) mass is 236 g/mol. The van der Waals surface area contributed by atoms with Gasteiger partial charge in [0.15, 0.2) is 0 Å². The quantitative estimate of drug-likeness (QED) is 0.754. The van der Waals surface area contributed by atoms with Crippen molar-refractivity contribution in [2.24, 2.45) is 7.05 Å². The molecular weight excluding hydrogens is 216 g/mol. The van der Waals surface area contributed by atoms with Gasteiger partial charge in [0, 0.05) is 19.9 Å². The lowest BCUT2D eigenvalue weighted by molar-refractivity contribution is -0.0414. The standard InChI is InChI=1S/C13H20N2O2/c1-3-17-13(8-5-4-6-9-13)12(16)11-7-10-15(2)14-11/h7,10H,3-6,8-9H2,1-2H3. The van der Waals surface area contributed by atoms with Gasteiger partial charge in [-0.3, -0.25) is 9.48 Å². The molecule has 1 saturated carbocycles. The summed E-state index contributed by atoms with van der Waals surface area (Å²) in [7, 11) is 1.82. The van der Waals surface area contributed by atoms with Crippen LogP contribution in [0.3, 0.4) is 0 Å². The maximum absolute atomic E-state index is 12.5. The summed E-state index contributed by atoms with van der Waals surface area (Å²) >= 11 is 0. The fraction of sp³-hybridized carbons (Fsp3) is 0.692. The summed E-state index contributed by atoms with van der Waals surface area (Å²) in [5.41, 5.74) is -0.0794. The van der Waals surface area contributed by atoms with Gasteiger partial charge in [0.2, 0.25) is 5.78 Å². The van der Waals surface area contributed by atoms with E-state index in [2.05, 4.69) is 5.10 Å². The minimum Gasteiger partial charge on any atom is -0.367 e. The van der Waals surface area contributed by atoms with Gasteiger partial charge in [-0.05, 0) is 25.8 Å². The van der Waals surface area contributed by atoms with Gasteiger partial charge in [0.25, 0.3) is 0 Å². The molecule has 4 heteroatoms. The summed E-state index contributed by atoms with van der Waals surface area (Å²) in [5, 5.41) is 4.20. The highest BCUT2D eigenvalue weighted by molar-refractivity contribution is 6.01.